The van der Waals surface area contributed by atoms with Crippen molar-refractivity contribution in [2.24, 2.45) is 0 Å². The molecule has 20 heavy (non-hydrogen) atoms. The largest absolute Gasteiger partial charge is 0.497 e. The van der Waals surface area contributed by atoms with Crippen molar-refractivity contribution in [2.45, 2.75) is 19.4 Å². The zero-order chi connectivity index (χ0) is 14.4. The van der Waals surface area contributed by atoms with E-state index < -0.39 is 0 Å². The number of benzene rings is 2. The lowest BCUT2D eigenvalue weighted by Gasteiger charge is -2.21. The fraction of sp³-hybridized carbons (Fsp3) is 0.294. The number of aliphatic hydroxyl groups is 1. The van der Waals surface area contributed by atoms with E-state index in [9.17, 15) is 5.11 Å². The van der Waals surface area contributed by atoms with Crippen LogP contribution in [0.4, 0.5) is 5.69 Å². The van der Waals surface area contributed by atoms with Crippen LogP contribution in [0.3, 0.4) is 0 Å². The maximum absolute atomic E-state index is 9.67. The highest BCUT2D eigenvalue weighted by Crippen LogP contribution is 2.24. The second-order valence-electron chi connectivity index (χ2n) is 4.66. The summed E-state index contributed by atoms with van der Waals surface area (Å²) in [5.74, 6) is 0.824. The van der Waals surface area contributed by atoms with Gasteiger partial charge in [0.1, 0.15) is 5.75 Å². The molecular formula is C17H21NO2. The molecule has 2 rings (SSSR count). The molecule has 1 atom stereocenters. The summed E-state index contributed by atoms with van der Waals surface area (Å²) in [6.45, 7) is 2.18. The summed E-state index contributed by atoms with van der Waals surface area (Å²) in [5.41, 5.74) is 3.37. The highest BCUT2D eigenvalue weighted by molar-refractivity contribution is 5.49. The number of anilines is 1. The van der Waals surface area contributed by atoms with E-state index in [1.165, 1.54) is 5.56 Å². The Bertz CT molecular complexity index is 537. The molecule has 2 N–H and O–H groups in total. The maximum Gasteiger partial charge on any atom is 0.119 e. The van der Waals surface area contributed by atoms with Crippen molar-refractivity contribution in [3.05, 3.63) is 59.7 Å². The predicted molar refractivity (Wildman–Crippen MR) is 82.3 cm³/mol. The molecule has 0 saturated carbocycles. The van der Waals surface area contributed by atoms with Gasteiger partial charge in [-0.05, 0) is 41.8 Å². The molecule has 0 amide bonds. The molecule has 1 unspecified atom stereocenters. The van der Waals surface area contributed by atoms with Gasteiger partial charge in [0.15, 0.2) is 0 Å². The van der Waals surface area contributed by atoms with Gasteiger partial charge in [0.05, 0.1) is 19.8 Å². The van der Waals surface area contributed by atoms with E-state index in [0.29, 0.717) is 0 Å². The van der Waals surface area contributed by atoms with Crippen LogP contribution in [0.2, 0.25) is 0 Å². The molecule has 0 spiro atoms. The zero-order valence-corrected chi connectivity index (χ0v) is 12.0. The minimum atomic E-state index is -0.0976. The van der Waals surface area contributed by atoms with Gasteiger partial charge in [-0.3, -0.25) is 0 Å². The van der Waals surface area contributed by atoms with Crippen LogP contribution in [-0.2, 0) is 6.42 Å². The van der Waals surface area contributed by atoms with Crippen LogP contribution in [0.15, 0.2) is 48.5 Å². The smallest absolute Gasteiger partial charge is 0.119 e. The molecule has 0 radical (unpaired) electrons. The number of hydrogen-bond donors (Lipinski definition) is 2. The van der Waals surface area contributed by atoms with Crippen molar-refractivity contribution in [3.63, 3.8) is 0 Å². The standard InChI is InChI=1S/C17H21NO2/c1-3-13-6-4-5-7-16(13)17(12-19)18-14-8-10-15(20-2)11-9-14/h4-11,17-19H,3,12H2,1-2H3. The Morgan fingerprint density at radius 1 is 1.10 bits per heavy atom. The minimum Gasteiger partial charge on any atom is -0.497 e. The lowest BCUT2D eigenvalue weighted by molar-refractivity contribution is 0.276. The van der Waals surface area contributed by atoms with Crippen molar-refractivity contribution in [2.75, 3.05) is 19.0 Å². The molecule has 0 saturated heterocycles. The molecule has 0 aliphatic heterocycles. The number of methoxy groups -OCH3 is 1. The van der Waals surface area contributed by atoms with Gasteiger partial charge >= 0.3 is 0 Å². The van der Waals surface area contributed by atoms with E-state index in [2.05, 4.69) is 24.4 Å². The van der Waals surface area contributed by atoms with Crippen LogP contribution >= 0.6 is 0 Å². The summed E-state index contributed by atoms with van der Waals surface area (Å²) >= 11 is 0. The van der Waals surface area contributed by atoms with Gasteiger partial charge in [0.25, 0.3) is 0 Å². The topological polar surface area (TPSA) is 41.5 Å². The van der Waals surface area contributed by atoms with Gasteiger partial charge in [0, 0.05) is 5.69 Å². The first kappa shape index (κ1) is 14.4. The second kappa shape index (κ2) is 6.96. The van der Waals surface area contributed by atoms with Gasteiger partial charge in [-0.25, -0.2) is 0 Å². The van der Waals surface area contributed by atoms with E-state index in [0.717, 1.165) is 23.4 Å². The Kier molecular flexibility index (Phi) is 5.02. The van der Waals surface area contributed by atoms with Crippen LogP contribution in [0.5, 0.6) is 5.75 Å². The Labute approximate surface area is 120 Å². The fourth-order valence-electron chi connectivity index (χ4n) is 2.31. The van der Waals surface area contributed by atoms with Gasteiger partial charge < -0.3 is 15.2 Å². The van der Waals surface area contributed by atoms with Crippen molar-refractivity contribution in [1.82, 2.24) is 0 Å². The third-order valence-electron chi connectivity index (χ3n) is 3.42. The molecule has 106 valence electrons. The molecule has 2 aromatic carbocycles. The highest BCUT2D eigenvalue weighted by Gasteiger charge is 2.13. The number of nitrogens with one attached hydrogen (secondary N) is 1. The molecule has 3 heteroatoms. The molecular weight excluding hydrogens is 250 g/mol. The summed E-state index contributed by atoms with van der Waals surface area (Å²) in [6.07, 6.45) is 0.955. The average molecular weight is 271 g/mol. The molecule has 0 fully saturated rings. The first-order chi connectivity index (χ1) is 9.78. The van der Waals surface area contributed by atoms with E-state index in [1.807, 2.05) is 36.4 Å². The Balaban J connectivity index is 2.19. The molecule has 3 nitrogen and oxygen atoms in total. The van der Waals surface area contributed by atoms with E-state index >= 15 is 0 Å². The predicted octanol–water partition coefficient (Wildman–Crippen LogP) is 3.40. The highest BCUT2D eigenvalue weighted by atomic mass is 16.5. The lowest BCUT2D eigenvalue weighted by Crippen LogP contribution is -2.16. The number of aliphatic hydroxyl groups excluding tert-OH is 1. The normalized spacial score (nSPS) is 11.9. The Morgan fingerprint density at radius 3 is 2.40 bits per heavy atom. The lowest BCUT2D eigenvalue weighted by atomic mass is 9.99. The Hall–Kier alpha value is -2.00. The van der Waals surface area contributed by atoms with Crippen LogP contribution in [-0.4, -0.2) is 18.8 Å². The van der Waals surface area contributed by atoms with Gasteiger partial charge in [-0.15, -0.1) is 0 Å². The number of aryl methyl sites for hydroxylation is 1. The maximum atomic E-state index is 9.67. The molecule has 0 bridgehead atoms. The van der Waals surface area contributed by atoms with Gasteiger partial charge in [-0.1, -0.05) is 31.2 Å². The van der Waals surface area contributed by atoms with Gasteiger partial charge in [0.2, 0.25) is 0 Å². The first-order valence-corrected chi connectivity index (χ1v) is 6.87. The van der Waals surface area contributed by atoms with Crippen LogP contribution in [0.25, 0.3) is 0 Å². The van der Waals surface area contributed by atoms with Crippen molar-refractivity contribution < 1.29 is 9.84 Å². The summed E-state index contributed by atoms with van der Waals surface area (Å²) in [5, 5.41) is 13.0. The average Bonchev–Trinajstić information content (AvgIpc) is 2.53. The quantitative estimate of drug-likeness (QED) is 0.846. The molecule has 0 aliphatic carbocycles. The summed E-state index contributed by atoms with van der Waals surface area (Å²) in [4.78, 5) is 0. The number of hydrogen-bond acceptors (Lipinski definition) is 3. The third-order valence-corrected chi connectivity index (χ3v) is 3.42. The molecule has 2 aromatic rings. The third kappa shape index (κ3) is 3.31. The molecule has 0 aliphatic rings. The van der Waals surface area contributed by atoms with Crippen molar-refractivity contribution in [1.29, 1.82) is 0 Å². The van der Waals surface area contributed by atoms with Crippen LogP contribution in [0.1, 0.15) is 24.1 Å². The zero-order valence-electron chi connectivity index (χ0n) is 12.0. The summed E-state index contributed by atoms with van der Waals surface area (Å²) in [7, 11) is 1.65. The van der Waals surface area contributed by atoms with E-state index in [-0.39, 0.29) is 12.6 Å². The summed E-state index contributed by atoms with van der Waals surface area (Å²) in [6, 6.07) is 15.8. The Morgan fingerprint density at radius 2 is 1.80 bits per heavy atom. The molecule has 0 aromatic heterocycles. The van der Waals surface area contributed by atoms with E-state index in [4.69, 9.17) is 4.74 Å². The molecule has 0 heterocycles. The van der Waals surface area contributed by atoms with Crippen molar-refractivity contribution >= 4 is 5.69 Å². The number of rotatable bonds is 6. The van der Waals surface area contributed by atoms with Crippen molar-refractivity contribution in [3.8, 4) is 5.75 Å². The fourth-order valence-corrected chi connectivity index (χ4v) is 2.31. The van der Waals surface area contributed by atoms with Crippen LogP contribution in [0, 0.1) is 0 Å². The monoisotopic (exact) mass is 271 g/mol. The number of ether oxygens (including phenoxy) is 1. The van der Waals surface area contributed by atoms with Gasteiger partial charge in [-0.2, -0.15) is 0 Å². The van der Waals surface area contributed by atoms with E-state index in [1.54, 1.807) is 7.11 Å². The second-order valence-corrected chi connectivity index (χ2v) is 4.66. The minimum absolute atomic E-state index is 0.0586. The summed E-state index contributed by atoms with van der Waals surface area (Å²) < 4.78 is 5.14. The first-order valence-electron chi connectivity index (χ1n) is 6.87. The van der Waals surface area contributed by atoms with Crippen LogP contribution < -0.4 is 10.1 Å². The SMILES string of the molecule is CCc1ccccc1C(CO)Nc1ccc(OC)cc1.